The molecule has 1 aromatic heterocycles. The lowest BCUT2D eigenvalue weighted by Crippen LogP contribution is -2.37. The Morgan fingerprint density at radius 3 is 2.58 bits per heavy atom. The number of carboxylic acids is 1. The predicted octanol–water partition coefficient (Wildman–Crippen LogP) is -0.299. The molecule has 0 aliphatic rings. The second-order valence-electron chi connectivity index (χ2n) is 3.57. The van der Waals surface area contributed by atoms with Gasteiger partial charge in [-0.05, 0) is 17.9 Å². The second kappa shape index (κ2) is 5.99. The molecule has 0 saturated heterocycles. The van der Waals surface area contributed by atoms with Gasteiger partial charge in [0.05, 0.1) is 0 Å². The molecule has 8 nitrogen and oxygen atoms in total. The number of amides is 2. The van der Waals surface area contributed by atoms with Crippen molar-refractivity contribution in [3.05, 3.63) is 15.8 Å². The van der Waals surface area contributed by atoms with Crippen molar-refractivity contribution >= 4 is 33.4 Å². The van der Waals surface area contributed by atoms with Crippen molar-refractivity contribution in [3.8, 4) is 0 Å². The maximum Gasteiger partial charge on any atom is 0.347 e. The molecule has 0 unspecified atom stereocenters. The summed E-state index contributed by atoms with van der Waals surface area (Å²) in [5.41, 5.74) is 5.18. The number of aryl methyl sites for hydroxylation is 1. The van der Waals surface area contributed by atoms with Crippen LogP contribution in [-0.4, -0.2) is 38.6 Å². The highest BCUT2D eigenvalue weighted by Gasteiger charge is 2.26. The Morgan fingerprint density at radius 1 is 1.42 bits per heavy atom. The van der Waals surface area contributed by atoms with Crippen LogP contribution >= 0.6 is 11.3 Å². The molecule has 0 aromatic carbocycles. The summed E-state index contributed by atoms with van der Waals surface area (Å²) in [6.07, 6.45) is 0. The first-order valence-electron chi connectivity index (χ1n) is 5.10. The molecule has 0 spiro atoms. The molecule has 0 aliphatic heterocycles. The molecule has 1 heterocycles. The van der Waals surface area contributed by atoms with E-state index < -0.39 is 22.0 Å². The van der Waals surface area contributed by atoms with Crippen LogP contribution in [0.1, 0.15) is 15.2 Å². The number of nitrogens with one attached hydrogen (secondary N) is 2. The van der Waals surface area contributed by atoms with Crippen molar-refractivity contribution in [3.63, 3.8) is 0 Å². The zero-order chi connectivity index (χ0) is 14.6. The summed E-state index contributed by atoms with van der Waals surface area (Å²) < 4.78 is 26.1. The first kappa shape index (κ1) is 15.4. The minimum Gasteiger partial charge on any atom is -0.477 e. The van der Waals surface area contributed by atoms with Crippen molar-refractivity contribution in [2.45, 2.75) is 11.8 Å². The summed E-state index contributed by atoms with van der Waals surface area (Å²) in [4.78, 5) is 20.9. The Labute approximate surface area is 113 Å². The highest BCUT2D eigenvalue weighted by Crippen LogP contribution is 2.26. The maximum absolute atomic E-state index is 12.0. The SMILES string of the molecule is Cc1csc(C(=O)O)c1S(=O)(=O)NCCNC(N)=O. The number of nitrogens with two attached hydrogens (primary N) is 1. The number of hydrogen-bond acceptors (Lipinski definition) is 5. The number of thiophene rings is 1. The highest BCUT2D eigenvalue weighted by molar-refractivity contribution is 7.89. The van der Waals surface area contributed by atoms with Gasteiger partial charge >= 0.3 is 12.0 Å². The van der Waals surface area contributed by atoms with Gasteiger partial charge in [-0.2, -0.15) is 0 Å². The second-order valence-corrected chi connectivity index (χ2v) is 6.15. The van der Waals surface area contributed by atoms with Crippen LogP contribution in [0.2, 0.25) is 0 Å². The molecule has 0 saturated carbocycles. The number of carbonyl (C=O) groups excluding carboxylic acids is 1. The normalized spacial score (nSPS) is 11.2. The quantitative estimate of drug-likeness (QED) is 0.534. The lowest BCUT2D eigenvalue weighted by molar-refractivity contribution is 0.0698. The first-order chi connectivity index (χ1) is 8.75. The Hall–Kier alpha value is -1.65. The van der Waals surface area contributed by atoms with Gasteiger partial charge in [0, 0.05) is 13.1 Å². The van der Waals surface area contributed by atoms with Gasteiger partial charge in [0.25, 0.3) is 0 Å². The average molecular weight is 307 g/mol. The Kier molecular flexibility index (Phi) is 4.86. The van der Waals surface area contributed by atoms with Crippen LogP contribution in [0.3, 0.4) is 0 Å². The van der Waals surface area contributed by atoms with Gasteiger partial charge in [0.15, 0.2) is 0 Å². The zero-order valence-electron chi connectivity index (χ0n) is 9.97. The fraction of sp³-hybridized carbons (Fsp3) is 0.333. The minimum absolute atomic E-state index is 0.0140. The van der Waals surface area contributed by atoms with Crippen LogP contribution < -0.4 is 15.8 Å². The third kappa shape index (κ3) is 3.91. The number of carbonyl (C=O) groups is 2. The number of primary amides is 1. The molecule has 2 amide bonds. The molecule has 1 aromatic rings. The van der Waals surface area contributed by atoms with Crippen molar-refractivity contribution in [2.24, 2.45) is 5.73 Å². The number of sulfonamides is 1. The van der Waals surface area contributed by atoms with E-state index in [9.17, 15) is 18.0 Å². The van der Waals surface area contributed by atoms with Gasteiger partial charge in [-0.3, -0.25) is 0 Å². The molecular formula is C9H13N3O5S2. The smallest absolute Gasteiger partial charge is 0.347 e. The van der Waals surface area contributed by atoms with Crippen LogP contribution in [0.15, 0.2) is 10.3 Å². The summed E-state index contributed by atoms with van der Waals surface area (Å²) in [6.45, 7) is 1.44. The maximum atomic E-state index is 12.0. The summed E-state index contributed by atoms with van der Waals surface area (Å²) in [7, 11) is -3.93. The van der Waals surface area contributed by atoms with E-state index >= 15 is 0 Å². The van der Waals surface area contributed by atoms with Crippen molar-refractivity contribution < 1.29 is 23.1 Å². The molecule has 10 heteroatoms. The van der Waals surface area contributed by atoms with Crippen molar-refractivity contribution in [1.29, 1.82) is 0 Å². The molecule has 0 aliphatic carbocycles. The summed E-state index contributed by atoms with van der Waals surface area (Å²) in [5, 5.41) is 12.6. The summed E-state index contributed by atoms with van der Waals surface area (Å²) in [5.74, 6) is -1.30. The van der Waals surface area contributed by atoms with E-state index in [1.54, 1.807) is 0 Å². The van der Waals surface area contributed by atoms with Crippen molar-refractivity contribution in [2.75, 3.05) is 13.1 Å². The van der Waals surface area contributed by atoms with E-state index in [-0.39, 0.29) is 22.9 Å². The van der Waals surface area contributed by atoms with Crippen LogP contribution in [0, 0.1) is 6.92 Å². The fourth-order valence-corrected chi connectivity index (χ4v) is 4.02. The largest absolute Gasteiger partial charge is 0.477 e. The Morgan fingerprint density at radius 2 is 2.05 bits per heavy atom. The summed E-state index contributed by atoms with van der Waals surface area (Å²) in [6, 6.07) is -0.767. The Bertz CT molecular complexity index is 593. The van der Waals surface area contributed by atoms with E-state index in [0.29, 0.717) is 5.56 Å². The van der Waals surface area contributed by atoms with Gasteiger partial charge in [-0.25, -0.2) is 22.7 Å². The van der Waals surface area contributed by atoms with Crippen LogP contribution in [0.5, 0.6) is 0 Å². The molecule has 5 N–H and O–H groups in total. The third-order valence-corrected chi connectivity index (χ3v) is 4.96. The van der Waals surface area contributed by atoms with E-state index in [4.69, 9.17) is 10.8 Å². The third-order valence-electron chi connectivity index (χ3n) is 2.10. The number of carboxylic acid groups (broad SMARTS) is 1. The van der Waals surface area contributed by atoms with Gasteiger partial charge in [-0.1, -0.05) is 0 Å². The molecule has 0 atom stereocenters. The average Bonchev–Trinajstić information content (AvgIpc) is 2.67. The molecule has 106 valence electrons. The molecular weight excluding hydrogens is 294 g/mol. The lowest BCUT2D eigenvalue weighted by Gasteiger charge is -2.07. The van der Waals surface area contributed by atoms with Gasteiger partial charge in [-0.15, -0.1) is 11.3 Å². The van der Waals surface area contributed by atoms with Gasteiger partial charge in [0.2, 0.25) is 10.0 Å². The molecule has 1 rings (SSSR count). The zero-order valence-corrected chi connectivity index (χ0v) is 11.6. The van der Waals surface area contributed by atoms with E-state index in [2.05, 4.69) is 10.0 Å². The predicted molar refractivity (Wildman–Crippen MR) is 68.8 cm³/mol. The molecule has 0 radical (unpaired) electrons. The lowest BCUT2D eigenvalue weighted by atomic mass is 10.3. The highest BCUT2D eigenvalue weighted by atomic mass is 32.2. The van der Waals surface area contributed by atoms with Crippen LogP contribution in [-0.2, 0) is 10.0 Å². The van der Waals surface area contributed by atoms with E-state index in [0.717, 1.165) is 11.3 Å². The van der Waals surface area contributed by atoms with Crippen LogP contribution in [0.25, 0.3) is 0 Å². The van der Waals surface area contributed by atoms with Crippen molar-refractivity contribution in [1.82, 2.24) is 10.0 Å². The number of aromatic carboxylic acids is 1. The standard InChI is InChI=1S/C9H13N3O5S2/c1-5-4-18-6(8(13)14)7(5)19(16,17)12-3-2-11-9(10)15/h4,12H,2-3H2,1H3,(H,13,14)(H3,10,11,15). The monoisotopic (exact) mass is 307 g/mol. The summed E-state index contributed by atoms with van der Waals surface area (Å²) >= 11 is 0.847. The number of hydrogen-bond donors (Lipinski definition) is 4. The van der Waals surface area contributed by atoms with E-state index in [1.165, 1.54) is 12.3 Å². The van der Waals surface area contributed by atoms with Crippen LogP contribution in [0.4, 0.5) is 4.79 Å². The Balaban J connectivity index is 2.86. The number of urea groups is 1. The topological polar surface area (TPSA) is 139 Å². The molecule has 0 bridgehead atoms. The number of rotatable bonds is 6. The van der Waals surface area contributed by atoms with Gasteiger partial charge < -0.3 is 16.2 Å². The molecule has 19 heavy (non-hydrogen) atoms. The first-order valence-corrected chi connectivity index (χ1v) is 7.46. The molecule has 0 fully saturated rings. The van der Waals surface area contributed by atoms with Gasteiger partial charge in [0.1, 0.15) is 9.77 Å². The minimum atomic E-state index is -3.93. The van der Waals surface area contributed by atoms with E-state index in [1.807, 2.05) is 0 Å². The fourth-order valence-electron chi connectivity index (χ4n) is 1.36.